The van der Waals surface area contributed by atoms with Crippen LogP contribution in [0.1, 0.15) is 34.6 Å². The van der Waals surface area contributed by atoms with Crippen molar-refractivity contribution in [3.05, 3.63) is 53.6 Å². The molecule has 0 atom stereocenters. The third kappa shape index (κ3) is 5.30. The van der Waals surface area contributed by atoms with Crippen molar-refractivity contribution in [1.82, 2.24) is 4.90 Å². The van der Waals surface area contributed by atoms with Gasteiger partial charge in [-0.25, -0.2) is 4.79 Å². The number of esters is 1. The number of hydrogen-bond donors (Lipinski definition) is 1. The van der Waals surface area contributed by atoms with E-state index in [9.17, 15) is 9.59 Å². The van der Waals surface area contributed by atoms with Crippen molar-refractivity contribution in [2.75, 3.05) is 50.6 Å². The molecule has 1 amide bonds. The van der Waals surface area contributed by atoms with Gasteiger partial charge < -0.3 is 24.6 Å². The first kappa shape index (κ1) is 21.6. The molecule has 1 N–H and O–H groups in total. The van der Waals surface area contributed by atoms with E-state index >= 15 is 0 Å². The van der Waals surface area contributed by atoms with Gasteiger partial charge in [0.2, 0.25) is 0 Å². The van der Waals surface area contributed by atoms with Crippen molar-refractivity contribution in [3.63, 3.8) is 0 Å². The molecule has 0 radical (unpaired) electrons. The van der Waals surface area contributed by atoms with Gasteiger partial charge in [0.05, 0.1) is 30.2 Å². The van der Waals surface area contributed by atoms with Crippen LogP contribution in [-0.4, -0.2) is 63.2 Å². The molecule has 1 fully saturated rings. The first-order valence-electron chi connectivity index (χ1n) is 10.1. The van der Waals surface area contributed by atoms with Gasteiger partial charge in [-0.15, -0.1) is 0 Å². The first-order chi connectivity index (χ1) is 14.4. The van der Waals surface area contributed by atoms with Crippen molar-refractivity contribution >= 4 is 23.3 Å². The first-order valence-corrected chi connectivity index (χ1v) is 10.1. The summed E-state index contributed by atoms with van der Waals surface area (Å²) >= 11 is 0. The summed E-state index contributed by atoms with van der Waals surface area (Å²) in [6, 6.07) is 12.3. The van der Waals surface area contributed by atoms with Crippen molar-refractivity contribution in [1.29, 1.82) is 0 Å². The van der Waals surface area contributed by atoms with Crippen LogP contribution in [0.5, 0.6) is 5.75 Å². The summed E-state index contributed by atoms with van der Waals surface area (Å²) < 4.78 is 10.5. The summed E-state index contributed by atoms with van der Waals surface area (Å²) in [4.78, 5) is 29.5. The molecule has 1 heterocycles. The van der Waals surface area contributed by atoms with Gasteiger partial charge in [0.15, 0.2) is 0 Å². The molecule has 0 bridgehead atoms. The Morgan fingerprint density at radius 1 is 1.00 bits per heavy atom. The molecule has 0 unspecified atom stereocenters. The molecule has 0 aliphatic carbocycles. The topological polar surface area (TPSA) is 71.1 Å². The Hall–Kier alpha value is -3.06. The third-order valence-corrected chi connectivity index (χ3v) is 4.98. The Labute approximate surface area is 177 Å². The standard InChI is InChI=1S/C23H29N3O4/c1-16(2)30-19-7-5-6-17(14-19)22(27)24-20-15-18(23(28)29-4)8-9-21(20)26-12-10-25(3)11-13-26/h5-9,14-16H,10-13H2,1-4H3,(H,24,27). The molecule has 1 saturated heterocycles. The number of piperazine rings is 1. The van der Waals surface area contributed by atoms with E-state index in [0.29, 0.717) is 22.6 Å². The SMILES string of the molecule is COC(=O)c1ccc(N2CCN(C)CC2)c(NC(=O)c2cccc(OC(C)C)c2)c1. The molecule has 0 saturated carbocycles. The average Bonchev–Trinajstić information content (AvgIpc) is 2.73. The highest BCUT2D eigenvalue weighted by molar-refractivity contribution is 6.07. The number of benzene rings is 2. The van der Waals surface area contributed by atoms with Crippen LogP contribution in [0.4, 0.5) is 11.4 Å². The molecule has 3 rings (SSSR count). The number of amides is 1. The molecule has 1 aliphatic heterocycles. The van der Waals surface area contributed by atoms with E-state index in [-0.39, 0.29) is 12.0 Å². The minimum absolute atomic E-state index is 0.0175. The van der Waals surface area contributed by atoms with Gasteiger partial charge in [-0.3, -0.25) is 4.79 Å². The van der Waals surface area contributed by atoms with E-state index < -0.39 is 5.97 Å². The minimum Gasteiger partial charge on any atom is -0.491 e. The van der Waals surface area contributed by atoms with Gasteiger partial charge in [-0.05, 0) is 57.3 Å². The summed E-state index contributed by atoms with van der Waals surface area (Å²) in [5, 5.41) is 2.98. The van der Waals surface area contributed by atoms with Gasteiger partial charge >= 0.3 is 5.97 Å². The number of methoxy groups -OCH3 is 1. The van der Waals surface area contributed by atoms with Gasteiger partial charge in [0.1, 0.15) is 5.75 Å². The van der Waals surface area contributed by atoms with Crippen LogP contribution in [0, 0.1) is 0 Å². The van der Waals surface area contributed by atoms with Crippen molar-refractivity contribution in [2.45, 2.75) is 20.0 Å². The van der Waals surface area contributed by atoms with Crippen LogP contribution >= 0.6 is 0 Å². The van der Waals surface area contributed by atoms with Crippen LogP contribution < -0.4 is 15.0 Å². The quantitative estimate of drug-likeness (QED) is 0.736. The zero-order chi connectivity index (χ0) is 21.7. The van der Waals surface area contributed by atoms with E-state index in [0.717, 1.165) is 31.9 Å². The van der Waals surface area contributed by atoms with Crippen molar-refractivity contribution in [2.24, 2.45) is 0 Å². The highest BCUT2D eigenvalue weighted by Gasteiger charge is 2.20. The van der Waals surface area contributed by atoms with Crippen LogP contribution in [0.3, 0.4) is 0 Å². The van der Waals surface area contributed by atoms with E-state index in [1.54, 1.807) is 30.3 Å². The number of nitrogens with one attached hydrogen (secondary N) is 1. The Bertz CT molecular complexity index is 905. The Morgan fingerprint density at radius 2 is 1.73 bits per heavy atom. The maximum Gasteiger partial charge on any atom is 0.337 e. The predicted molar refractivity (Wildman–Crippen MR) is 118 cm³/mol. The largest absolute Gasteiger partial charge is 0.491 e. The maximum absolute atomic E-state index is 13.0. The van der Waals surface area contributed by atoms with Gasteiger partial charge in [-0.2, -0.15) is 0 Å². The summed E-state index contributed by atoms with van der Waals surface area (Å²) in [6.07, 6.45) is 0.0175. The number of carbonyl (C=O) groups excluding carboxylic acids is 2. The van der Waals surface area contributed by atoms with Crippen LogP contribution in [-0.2, 0) is 4.74 Å². The smallest absolute Gasteiger partial charge is 0.337 e. The van der Waals surface area contributed by atoms with Crippen molar-refractivity contribution in [3.8, 4) is 5.75 Å². The average molecular weight is 412 g/mol. The number of rotatable bonds is 6. The zero-order valence-electron chi connectivity index (χ0n) is 18.0. The number of anilines is 2. The Balaban J connectivity index is 1.88. The van der Waals surface area contributed by atoms with Gasteiger partial charge in [-0.1, -0.05) is 6.07 Å². The summed E-state index contributed by atoms with van der Waals surface area (Å²) in [6.45, 7) is 7.42. The van der Waals surface area contributed by atoms with Crippen molar-refractivity contribution < 1.29 is 19.1 Å². The van der Waals surface area contributed by atoms with Crippen LogP contribution in [0.2, 0.25) is 0 Å². The molecule has 7 heteroatoms. The lowest BCUT2D eigenvalue weighted by molar-refractivity contribution is 0.0600. The fourth-order valence-corrected chi connectivity index (χ4v) is 3.38. The lowest BCUT2D eigenvalue weighted by atomic mass is 10.1. The fraction of sp³-hybridized carbons (Fsp3) is 0.391. The molecule has 2 aromatic rings. The monoisotopic (exact) mass is 411 g/mol. The lowest BCUT2D eigenvalue weighted by Gasteiger charge is -2.35. The molecule has 7 nitrogen and oxygen atoms in total. The van der Waals surface area contributed by atoms with Crippen LogP contribution in [0.25, 0.3) is 0 Å². The normalized spacial score (nSPS) is 14.5. The van der Waals surface area contributed by atoms with E-state index in [4.69, 9.17) is 9.47 Å². The molecule has 0 aromatic heterocycles. The number of ether oxygens (including phenoxy) is 2. The van der Waals surface area contributed by atoms with E-state index in [1.807, 2.05) is 26.0 Å². The molecule has 30 heavy (non-hydrogen) atoms. The predicted octanol–water partition coefficient (Wildman–Crippen LogP) is 3.26. The second kappa shape index (κ2) is 9.63. The lowest BCUT2D eigenvalue weighted by Crippen LogP contribution is -2.44. The number of carbonyl (C=O) groups is 2. The zero-order valence-corrected chi connectivity index (χ0v) is 18.0. The fourth-order valence-electron chi connectivity index (χ4n) is 3.38. The minimum atomic E-state index is -0.442. The molecule has 0 spiro atoms. The summed E-state index contributed by atoms with van der Waals surface area (Å²) in [5.41, 5.74) is 2.35. The molecule has 2 aromatic carbocycles. The van der Waals surface area contributed by atoms with E-state index in [1.165, 1.54) is 7.11 Å². The second-order valence-corrected chi connectivity index (χ2v) is 7.66. The Kier molecular flexibility index (Phi) is 6.95. The number of likely N-dealkylation sites (N-methyl/N-ethyl adjacent to an activating group) is 1. The summed E-state index contributed by atoms with van der Waals surface area (Å²) in [5.74, 6) is -0.0652. The number of hydrogen-bond acceptors (Lipinski definition) is 6. The summed E-state index contributed by atoms with van der Waals surface area (Å²) in [7, 11) is 3.43. The van der Waals surface area contributed by atoms with Gasteiger partial charge in [0, 0.05) is 31.7 Å². The van der Waals surface area contributed by atoms with Crippen LogP contribution in [0.15, 0.2) is 42.5 Å². The molecule has 160 valence electrons. The molecular weight excluding hydrogens is 382 g/mol. The highest BCUT2D eigenvalue weighted by atomic mass is 16.5. The molecule has 1 aliphatic rings. The van der Waals surface area contributed by atoms with E-state index in [2.05, 4.69) is 22.2 Å². The highest BCUT2D eigenvalue weighted by Crippen LogP contribution is 2.29. The Morgan fingerprint density at radius 3 is 2.40 bits per heavy atom. The second-order valence-electron chi connectivity index (χ2n) is 7.66. The molecular formula is C23H29N3O4. The maximum atomic E-state index is 13.0. The van der Waals surface area contributed by atoms with Gasteiger partial charge in [0.25, 0.3) is 5.91 Å². The third-order valence-electron chi connectivity index (χ3n) is 4.98. The number of nitrogens with zero attached hydrogens (tertiary/aromatic N) is 2.